The van der Waals surface area contributed by atoms with Crippen LogP contribution in [0.1, 0.15) is 55.6 Å². The fraction of sp³-hybridized carbons (Fsp3) is 0.682. The molecular weight excluding hydrogens is 396 g/mol. The Hall–Kier alpha value is -1.93. The first kappa shape index (κ1) is 21.3. The lowest BCUT2D eigenvalue weighted by Gasteiger charge is -2.54. The average molecular weight is 431 g/mol. The van der Waals surface area contributed by atoms with Crippen molar-refractivity contribution in [1.82, 2.24) is 25.4 Å². The maximum Gasteiger partial charge on any atom is 0.191 e. The van der Waals surface area contributed by atoms with Crippen LogP contribution >= 0.6 is 11.3 Å². The molecule has 0 aliphatic heterocycles. The van der Waals surface area contributed by atoms with Crippen molar-refractivity contribution in [1.29, 1.82) is 0 Å². The maximum absolute atomic E-state index is 6.08. The van der Waals surface area contributed by atoms with E-state index in [9.17, 15) is 0 Å². The molecule has 0 amide bonds. The van der Waals surface area contributed by atoms with Gasteiger partial charge in [-0.2, -0.15) is 0 Å². The van der Waals surface area contributed by atoms with E-state index in [-0.39, 0.29) is 5.41 Å². The zero-order chi connectivity index (χ0) is 21.0. The molecule has 0 aromatic carbocycles. The Balaban J connectivity index is 1.43. The van der Waals surface area contributed by atoms with E-state index in [1.807, 2.05) is 18.5 Å². The first-order valence-corrected chi connectivity index (χ1v) is 12.0. The van der Waals surface area contributed by atoms with Gasteiger partial charge in [0.25, 0.3) is 0 Å². The predicted octanol–water partition coefficient (Wildman–Crippen LogP) is 3.20. The van der Waals surface area contributed by atoms with Crippen LogP contribution in [0.25, 0.3) is 0 Å². The van der Waals surface area contributed by atoms with E-state index in [1.165, 1.54) is 30.6 Å². The van der Waals surface area contributed by atoms with Gasteiger partial charge in [0.2, 0.25) is 0 Å². The highest BCUT2D eigenvalue weighted by Crippen LogP contribution is 2.54. The molecule has 2 aliphatic rings. The highest BCUT2D eigenvalue weighted by molar-refractivity contribution is 7.09. The van der Waals surface area contributed by atoms with E-state index in [4.69, 9.17) is 9.73 Å². The molecule has 2 aliphatic carbocycles. The van der Waals surface area contributed by atoms with Crippen molar-refractivity contribution < 1.29 is 4.74 Å². The Morgan fingerprint density at radius 2 is 2.20 bits per heavy atom. The number of nitrogens with one attached hydrogen (secondary N) is 2. The third-order valence-corrected chi connectivity index (χ3v) is 7.74. The molecule has 30 heavy (non-hydrogen) atoms. The first-order chi connectivity index (χ1) is 14.6. The second kappa shape index (κ2) is 9.47. The number of hydrogen-bond donors (Lipinski definition) is 2. The Morgan fingerprint density at radius 1 is 1.37 bits per heavy atom. The molecule has 4 rings (SSSR count). The maximum atomic E-state index is 6.08. The molecule has 2 atom stereocenters. The molecule has 8 heteroatoms. The van der Waals surface area contributed by atoms with Crippen molar-refractivity contribution in [3.8, 4) is 0 Å². The van der Waals surface area contributed by atoms with Crippen LogP contribution in [0.15, 0.2) is 22.5 Å². The van der Waals surface area contributed by atoms with Crippen LogP contribution in [-0.2, 0) is 24.8 Å². The zero-order valence-electron chi connectivity index (χ0n) is 18.4. The summed E-state index contributed by atoms with van der Waals surface area (Å²) in [5.41, 5.74) is 0.271. The molecule has 0 saturated heterocycles. The smallest absolute Gasteiger partial charge is 0.191 e. The Kier molecular flexibility index (Phi) is 6.73. The van der Waals surface area contributed by atoms with Gasteiger partial charge in [-0.1, -0.05) is 18.9 Å². The lowest BCUT2D eigenvalue weighted by Crippen LogP contribution is -2.65. The van der Waals surface area contributed by atoms with Crippen molar-refractivity contribution in [2.24, 2.45) is 17.5 Å². The van der Waals surface area contributed by atoms with Gasteiger partial charge in [0, 0.05) is 36.5 Å². The van der Waals surface area contributed by atoms with Gasteiger partial charge in [0.05, 0.1) is 6.10 Å². The van der Waals surface area contributed by atoms with E-state index in [0.29, 0.717) is 18.7 Å². The Morgan fingerprint density at radius 3 is 2.87 bits per heavy atom. The summed E-state index contributed by atoms with van der Waals surface area (Å²) in [5.74, 6) is 2.66. The van der Waals surface area contributed by atoms with Crippen LogP contribution < -0.4 is 10.6 Å². The molecule has 164 valence electrons. The van der Waals surface area contributed by atoms with E-state index in [1.54, 1.807) is 11.3 Å². The molecule has 2 unspecified atom stereocenters. The zero-order valence-corrected chi connectivity index (χ0v) is 19.2. The molecule has 2 saturated carbocycles. The minimum atomic E-state index is 0.271. The second-order valence-corrected chi connectivity index (χ2v) is 9.49. The van der Waals surface area contributed by atoms with Gasteiger partial charge in [-0.15, -0.1) is 21.5 Å². The van der Waals surface area contributed by atoms with Crippen molar-refractivity contribution >= 4 is 17.3 Å². The highest BCUT2D eigenvalue weighted by atomic mass is 32.1. The van der Waals surface area contributed by atoms with Crippen LogP contribution in [0.3, 0.4) is 0 Å². The molecule has 1 spiro atoms. The van der Waals surface area contributed by atoms with Crippen LogP contribution in [0, 0.1) is 12.3 Å². The van der Waals surface area contributed by atoms with Gasteiger partial charge >= 0.3 is 0 Å². The van der Waals surface area contributed by atoms with Crippen molar-refractivity contribution in [3.05, 3.63) is 34.0 Å². The third-order valence-electron chi connectivity index (χ3n) is 6.80. The number of thiophene rings is 1. The highest BCUT2D eigenvalue weighted by Gasteiger charge is 2.56. The normalized spacial score (nSPS) is 23.0. The van der Waals surface area contributed by atoms with Gasteiger partial charge < -0.3 is 19.9 Å². The fourth-order valence-electron chi connectivity index (χ4n) is 4.90. The van der Waals surface area contributed by atoms with E-state index in [0.717, 1.165) is 43.6 Å². The topological polar surface area (TPSA) is 76.4 Å². The van der Waals surface area contributed by atoms with Crippen LogP contribution in [0.2, 0.25) is 0 Å². The number of ether oxygens (including phenoxy) is 1. The number of aromatic nitrogens is 3. The first-order valence-electron chi connectivity index (χ1n) is 11.2. The Bertz CT molecular complexity index is 840. The van der Waals surface area contributed by atoms with E-state index in [2.05, 4.69) is 45.3 Å². The minimum Gasteiger partial charge on any atom is -0.378 e. The molecule has 7 nitrogen and oxygen atoms in total. The molecule has 2 heterocycles. The summed E-state index contributed by atoms with van der Waals surface area (Å²) in [6, 6.07) is 4.71. The molecule has 0 bridgehead atoms. The summed E-state index contributed by atoms with van der Waals surface area (Å²) in [7, 11) is 1.99. The van der Waals surface area contributed by atoms with Crippen molar-refractivity contribution in [3.63, 3.8) is 0 Å². The third kappa shape index (κ3) is 4.39. The molecule has 2 fully saturated rings. The summed E-state index contributed by atoms with van der Waals surface area (Å²) in [5, 5.41) is 17.9. The van der Waals surface area contributed by atoms with Crippen LogP contribution in [-0.4, -0.2) is 46.0 Å². The van der Waals surface area contributed by atoms with Gasteiger partial charge in [-0.25, -0.2) is 4.99 Å². The lowest BCUT2D eigenvalue weighted by molar-refractivity contribution is -0.125. The van der Waals surface area contributed by atoms with Crippen LogP contribution in [0.5, 0.6) is 0 Å². The second-order valence-electron chi connectivity index (χ2n) is 8.46. The standard InChI is InChI=1S/C22H34N6OS/c1-4-29-19-14-18(22(19)10-5-6-11-22)25-21(23-12-9-17-8-7-13-30-17)24-15-20-27-26-16(2)28(20)3/h7-8,13,18-19H,4-6,9-12,14-15H2,1-3H3,(H2,23,24,25). The molecular formula is C22H34N6OS. The summed E-state index contributed by atoms with van der Waals surface area (Å²) in [6.07, 6.45) is 7.55. The quantitative estimate of drug-likeness (QED) is 0.497. The number of aliphatic imine (C=N–C) groups is 1. The van der Waals surface area contributed by atoms with Gasteiger partial charge in [-0.3, -0.25) is 0 Å². The van der Waals surface area contributed by atoms with Crippen molar-refractivity contribution in [2.45, 2.75) is 71.1 Å². The minimum absolute atomic E-state index is 0.271. The number of hydrogen-bond acceptors (Lipinski definition) is 5. The molecule has 2 aromatic heterocycles. The average Bonchev–Trinajstić information content (AvgIpc) is 3.49. The number of rotatable bonds is 8. The summed E-state index contributed by atoms with van der Waals surface area (Å²) < 4.78 is 8.08. The van der Waals surface area contributed by atoms with Crippen molar-refractivity contribution in [2.75, 3.05) is 13.2 Å². The lowest BCUT2D eigenvalue weighted by atomic mass is 9.60. The van der Waals surface area contributed by atoms with E-state index >= 15 is 0 Å². The fourth-order valence-corrected chi connectivity index (χ4v) is 5.61. The van der Waals surface area contributed by atoms with Crippen LogP contribution in [0.4, 0.5) is 0 Å². The SMILES string of the molecule is CCOC1CC(NC(=NCc2nnc(C)n2C)NCCc2cccs2)C12CCCC2. The Labute approximate surface area is 183 Å². The summed E-state index contributed by atoms with van der Waals surface area (Å²) in [4.78, 5) is 6.26. The van der Waals surface area contributed by atoms with Gasteiger partial charge in [0.15, 0.2) is 11.8 Å². The monoisotopic (exact) mass is 430 g/mol. The van der Waals surface area contributed by atoms with E-state index < -0.39 is 0 Å². The molecule has 2 aromatic rings. The molecule has 0 radical (unpaired) electrons. The molecule has 2 N–H and O–H groups in total. The summed E-state index contributed by atoms with van der Waals surface area (Å²) >= 11 is 1.80. The predicted molar refractivity (Wildman–Crippen MR) is 121 cm³/mol. The number of guanidine groups is 1. The number of aryl methyl sites for hydroxylation is 1. The summed E-state index contributed by atoms with van der Waals surface area (Å²) in [6.45, 7) is 6.24. The largest absolute Gasteiger partial charge is 0.378 e. The number of nitrogens with zero attached hydrogens (tertiary/aromatic N) is 4. The van der Waals surface area contributed by atoms with Gasteiger partial charge in [-0.05, 0) is 51.0 Å². The van der Waals surface area contributed by atoms with Gasteiger partial charge in [0.1, 0.15) is 12.4 Å².